The summed E-state index contributed by atoms with van der Waals surface area (Å²) in [6, 6.07) is 16.6. The molecule has 0 saturated heterocycles. The molecule has 6 nitrogen and oxygen atoms in total. The van der Waals surface area contributed by atoms with Gasteiger partial charge in [-0.2, -0.15) is 0 Å². The van der Waals surface area contributed by atoms with Gasteiger partial charge in [-0.1, -0.05) is 64.5 Å². The number of benzene rings is 2. The fourth-order valence-electron chi connectivity index (χ4n) is 2.41. The Morgan fingerprint density at radius 2 is 1.79 bits per heavy atom. The molecule has 154 valence electrons. The van der Waals surface area contributed by atoms with Crippen LogP contribution in [0, 0.1) is 0 Å². The van der Waals surface area contributed by atoms with E-state index in [1.165, 1.54) is 6.08 Å². The van der Waals surface area contributed by atoms with Crippen LogP contribution in [0.1, 0.15) is 24.1 Å². The molecule has 0 aliphatic heterocycles. The Balaban J connectivity index is 1.89. The Kier molecular flexibility index (Phi) is 9.95. The number of esters is 1. The molecule has 0 bridgehead atoms. The van der Waals surface area contributed by atoms with E-state index in [4.69, 9.17) is 14.2 Å². The van der Waals surface area contributed by atoms with Crippen molar-refractivity contribution in [2.45, 2.75) is 19.6 Å². The van der Waals surface area contributed by atoms with Crippen molar-refractivity contribution >= 4 is 28.0 Å². The summed E-state index contributed by atoms with van der Waals surface area (Å²) < 4.78 is 16.6. The lowest BCUT2D eigenvalue weighted by Gasteiger charge is -2.19. The van der Waals surface area contributed by atoms with Gasteiger partial charge in [0, 0.05) is 10.5 Å². The van der Waals surface area contributed by atoms with Gasteiger partial charge >= 0.3 is 12.1 Å². The van der Waals surface area contributed by atoms with E-state index in [1.54, 1.807) is 13.0 Å². The summed E-state index contributed by atoms with van der Waals surface area (Å²) in [5.41, 5.74) is 1.78. The number of carbonyl (C=O) groups excluding carboxylic acids is 2. The van der Waals surface area contributed by atoms with E-state index < -0.39 is 18.1 Å². The average molecular weight is 462 g/mol. The van der Waals surface area contributed by atoms with E-state index in [9.17, 15) is 9.59 Å². The fourth-order valence-corrected chi connectivity index (χ4v) is 2.68. The van der Waals surface area contributed by atoms with Crippen molar-refractivity contribution in [2.24, 2.45) is 0 Å². The molecule has 1 atom stereocenters. The van der Waals surface area contributed by atoms with Gasteiger partial charge in [-0.05, 0) is 30.2 Å². The van der Waals surface area contributed by atoms with Gasteiger partial charge in [-0.15, -0.1) is 0 Å². The summed E-state index contributed by atoms with van der Waals surface area (Å²) >= 11 is 3.40. The minimum absolute atomic E-state index is 0.183. The van der Waals surface area contributed by atoms with Crippen molar-refractivity contribution in [1.29, 1.82) is 0 Å². The molecule has 2 rings (SSSR count). The Morgan fingerprint density at radius 3 is 2.48 bits per heavy atom. The first kappa shape index (κ1) is 22.6. The number of hydrogen-bond acceptors (Lipinski definition) is 5. The van der Waals surface area contributed by atoms with Gasteiger partial charge in [-0.25, -0.2) is 9.59 Å². The van der Waals surface area contributed by atoms with Crippen LogP contribution >= 0.6 is 15.9 Å². The van der Waals surface area contributed by atoms with Crippen LogP contribution in [0.15, 0.2) is 71.2 Å². The highest BCUT2D eigenvalue weighted by Gasteiger charge is 2.16. The van der Waals surface area contributed by atoms with E-state index in [0.717, 1.165) is 15.6 Å². The molecule has 1 N–H and O–H groups in total. The summed E-state index contributed by atoms with van der Waals surface area (Å²) in [7, 11) is 0. The van der Waals surface area contributed by atoms with Crippen LogP contribution in [-0.2, 0) is 25.6 Å². The topological polar surface area (TPSA) is 73.9 Å². The maximum Gasteiger partial charge on any atom is 0.408 e. The van der Waals surface area contributed by atoms with Crippen LogP contribution in [0.2, 0.25) is 0 Å². The zero-order chi connectivity index (χ0) is 20.9. The number of rotatable bonds is 10. The number of halogens is 1. The summed E-state index contributed by atoms with van der Waals surface area (Å²) in [5, 5.41) is 2.83. The Labute approximate surface area is 179 Å². The third-order valence-electron chi connectivity index (χ3n) is 3.82. The van der Waals surface area contributed by atoms with Crippen molar-refractivity contribution in [3.8, 4) is 0 Å². The number of carbonyl (C=O) groups is 2. The molecule has 0 spiro atoms. The largest absolute Gasteiger partial charge is 0.463 e. The lowest BCUT2D eigenvalue weighted by Crippen LogP contribution is -2.32. The maximum absolute atomic E-state index is 12.2. The van der Waals surface area contributed by atoms with Crippen molar-refractivity contribution < 1.29 is 23.8 Å². The zero-order valence-electron chi connectivity index (χ0n) is 16.2. The molecule has 2 aromatic carbocycles. The predicted octanol–water partition coefficient (Wildman–Crippen LogP) is 4.55. The average Bonchev–Trinajstić information content (AvgIpc) is 2.73. The summed E-state index contributed by atoms with van der Waals surface area (Å²) in [6.45, 7) is 2.68. The monoisotopic (exact) mass is 461 g/mol. The van der Waals surface area contributed by atoms with Crippen LogP contribution in [0.3, 0.4) is 0 Å². The van der Waals surface area contributed by atoms with Crippen molar-refractivity contribution in [2.75, 3.05) is 19.8 Å². The summed E-state index contributed by atoms with van der Waals surface area (Å²) in [6.07, 6.45) is 2.36. The molecular weight excluding hydrogens is 438 g/mol. The molecule has 0 radical (unpaired) electrons. The van der Waals surface area contributed by atoms with Crippen molar-refractivity contribution in [3.63, 3.8) is 0 Å². The van der Waals surface area contributed by atoms with Gasteiger partial charge in [0.15, 0.2) is 0 Å². The lowest BCUT2D eigenvalue weighted by molar-refractivity contribution is -0.137. The zero-order valence-corrected chi connectivity index (χ0v) is 17.8. The molecule has 1 unspecified atom stereocenters. The SMILES string of the molecule is CCOC(=O)/C=C/COCC(NC(=O)OCc1ccccc1)c1ccc(Br)cc1. The van der Waals surface area contributed by atoms with Crippen LogP contribution in [0.5, 0.6) is 0 Å². The highest BCUT2D eigenvalue weighted by Crippen LogP contribution is 2.18. The van der Waals surface area contributed by atoms with Gasteiger partial charge in [0.1, 0.15) is 6.61 Å². The molecule has 0 aliphatic rings. The minimum atomic E-state index is -0.535. The van der Waals surface area contributed by atoms with Crippen LogP contribution in [0.25, 0.3) is 0 Å². The minimum Gasteiger partial charge on any atom is -0.463 e. The van der Waals surface area contributed by atoms with E-state index in [0.29, 0.717) is 6.61 Å². The second-order valence-corrected chi connectivity index (χ2v) is 6.92. The molecule has 2 aromatic rings. The normalized spacial score (nSPS) is 11.8. The second-order valence-electron chi connectivity index (χ2n) is 6.00. The highest BCUT2D eigenvalue weighted by molar-refractivity contribution is 9.10. The van der Waals surface area contributed by atoms with Crippen LogP contribution in [-0.4, -0.2) is 31.9 Å². The molecule has 7 heteroatoms. The molecule has 0 heterocycles. The number of ether oxygens (including phenoxy) is 3. The van der Waals surface area contributed by atoms with Crippen molar-refractivity contribution in [3.05, 3.63) is 82.3 Å². The molecule has 0 aliphatic carbocycles. The van der Waals surface area contributed by atoms with Crippen LogP contribution < -0.4 is 5.32 Å². The predicted molar refractivity (Wildman–Crippen MR) is 113 cm³/mol. The molecule has 29 heavy (non-hydrogen) atoms. The number of nitrogens with one attached hydrogen (secondary N) is 1. The molecule has 0 aromatic heterocycles. The molecular formula is C22H24BrNO5. The van der Waals surface area contributed by atoms with Gasteiger partial charge in [-0.3, -0.25) is 0 Å². The second kappa shape index (κ2) is 12.7. The first-order valence-corrected chi connectivity index (χ1v) is 10.0. The Morgan fingerprint density at radius 1 is 1.07 bits per heavy atom. The van der Waals surface area contributed by atoms with Crippen molar-refractivity contribution in [1.82, 2.24) is 5.32 Å². The van der Waals surface area contributed by atoms with E-state index in [-0.39, 0.29) is 19.8 Å². The van der Waals surface area contributed by atoms with Gasteiger partial charge < -0.3 is 19.5 Å². The maximum atomic E-state index is 12.2. The van der Waals surface area contributed by atoms with Gasteiger partial charge in [0.25, 0.3) is 0 Å². The van der Waals surface area contributed by atoms with E-state index in [2.05, 4.69) is 21.2 Å². The quantitative estimate of drug-likeness (QED) is 0.319. The third-order valence-corrected chi connectivity index (χ3v) is 4.35. The van der Waals surface area contributed by atoms with Gasteiger partial charge in [0.2, 0.25) is 0 Å². The summed E-state index contributed by atoms with van der Waals surface area (Å²) in [5.74, 6) is -0.414. The first-order valence-electron chi connectivity index (χ1n) is 9.22. The number of alkyl carbamates (subject to hydrolysis) is 1. The molecule has 0 fully saturated rings. The van der Waals surface area contributed by atoms with Gasteiger partial charge in [0.05, 0.1) is 25.9 Å². The molecule has 0 saturated carbocycles. The first-order chi connectivity index (χ1) is 14.1. The summed E-state index contributed by atoms with van der Waals surface area (Å²) in [4.78, 5) is 23.5. The highest BCUT2D eigenvalue weighted by atomic mass is 79.9. The number of amides is 1. The third kappa shape index (κ3) is 8.93. The Bertz CT molecular complexity index is 793. The smallest absolute Gasteiger partial charge is 0.408 e. The van der Waals surface area contributed by atoms with Crippen LogP contribution in [0.4, 0.5) is 4.79 Å². The number of hydrogen-bond donors (Lipinski definition) is 1. The Hall–Kier alpha value is -2.64. The molecule has 1 amide bonds. The lowest BCUT2D eigenvalue weighted by atomic mass is 10.1. The van der Waals surface area contributed by atoms with E-state index >= 15 is 0 Å². The fraction of sp³-hybridized carbons (Fsp3) is 0.273. The van der Waals surface area contributed by atoms with E-state index in [1.807, 2.05) is 54.6 Å². The standard InChI is InChI=1S/C22H24BrNO5/c1-2-28-21(25)9-6-14-27-16-20(18-10-12-19(23)13-11-18)24-22(26)29-15-17-7-4-3-5-8-17/h3-13,20H,2,14-16H2,1H3,(H,24,26)/b9-6+.